The van der Waals surface area contributed by atoms with Crippen LogP contribution in [-0.2, 0) is 10.1 Å². The Kier molecular flexibility index (Phi) is 3.94. The number of alkyl halides is 3. The average molecular weight is 298 g/mol. The minimum atomic E-state index is -5.78. The molecule has 0 aromatic heterocycles. The van der Waals surface area contributed by atoms with Crippen LogP contribution in [0.25, 0.3) is 0 Å². The second kappa shape index (κ2) is 4.96. The molecule has 0 radical (unpaired) electrons. The zero-order valence-corrected chi connectivity index (χ0v) is 10.3. The van der Waals surface area contributed by atoms with E-state index in [0.717, 1.165) is 12.1 Å². The van der Waals surface area contributed by atoms with Gasteiger partial charge in [0.05, 0.1) is 5.56 Å². The summed E-state index contributed by atoms with van der Waals surface area (Å²) in [6, 6.07) is 2.69. The van der Waals surface area contributed by atoms with Crippen LogP contribution < -0.4 is 9.92 Å². The number of rotatable bonds is 3. The van der Waals surface area contributed by atoms with Crippen molar-refractivity contribution in [2.75, 3.05) is 7.05 Å². The maximum Gasteiger partial charge on any atom is 0.534 e. The third kappa shape index (κ3) is 3.28. The summed E-state index contributed by atoms with van der Waals surface area (Å²) in [4.78, 5) is 3.56. The Hall–Kier alpha value is -1.97. The Balaban J connectivity index is 3.11. The van der Waals surface area contributed by atoms with Gasteiger partial charge in [0.2, 0.25) is 0 Å². The van der Waals surface area contributed by atoms with E-state index in [4.69, 9.17) is 5.73 Å². The molecular weight excluding hydrogens is 289 g/mol. The number of aliphatic imine (C=N–C) groups is 1. The lowest BCUT2D eigenvalue weighted by atomic mass is 10.2. The SMILES string of the molecule is CN=C(N)c1ccc(OS(=O)(=O)C(F)(F)F)cc1O. The van der Waals surface area contributed by atoms with Crippen LogP contribution in [0.15, 0.2) is 23.2 Å². The van der Waals surface area contributed by atoms with E-state index >= 15 is 0 Å². The second-order valence-corrected chi connectivity index (χ2v) is 4.81. The largest absolute Gasteiger partial charge is 0.534 e. The topological polar surface area (TPSA) is 102 Å². The highest BCUT2D eigenvalue weighted by molar-refractivity contribution is 7.88. The lowest BCUT2D eigenvalue weighted by Crippen LogP contribution is -2.28. The fourth-order valence-electron chi connectivity index (χ4n) is 1.07. The van der Waals surface area contributed by atoms with Crippen LogP contribution in [0.5, 0.6) is 11.5 Å². The van der Waals surface area contributed by atoms with E-state index in [1.165, 1.54) is 7.05 Å². The lowest BCUT2D eigenvalue weighted by Gasteiger charge is -2.10. The molecule has 0 atom stereocenters. The van der Waals surface area contributed by atoms with Gasteiger partial charge in [-0.15, -0.1) is 0 Å². The summed E-state index contributed by atoms with van der Waals surface area (Å²) in [5.74, 6) is -1.32. The first-order valence-corrected chi connectivity index (χ1v) is 6.05. The van der Waals surface area contributed by atoms with E-state index in [2.05, 4.69) is 9.18 Å². The van der Waals surface area contributed by atoms with Crippen molar-refractivity contribution in [3.8, 4) is 11.5 Å². The van der Waals surface area contributed by atoms with Gasteiger partial charge in [0, 0.05) is 13.1 Å². The maximum absolute atomic E-state index is 12.1. The van der Waals surface area contributed by atoms with Gasteiger partial charge >= 0.3 is 15.6 Å². The first-order valence-electron chi connectivity index (χ1n) is 4.65. The first kappa shape index (κ1) is 15.1. The number of halogens is 3. The van der Waals surface area contributed by atoms with Crippen molar-refractivity contribution in [3.05, 3.63) is 23.8 Å². The lowest BCUT2D eigenvalue weighted by molar-refractivity contribution is -0.0500. The van der Waals surface area contributed by atoms with Gasteiger partial charge in [-0.1, -0.05) is 0 Å². The summed E-state index contributed by atoms with van der Waals surface area (Å²) in [5.41, 5.74) is -0.117. The van der Waals surface area contributed by atoms with Gasteiger partial charge in [0.25, 0.3) is 0 Å². The molecule has 1 rings (SSSR count). The van der Waals surface area contributed by atoms with Gasteiger partial charge in [-0.2, -0.15) is 21.6 Å². The molecule has 0 fully saturated rings. The van der Waals surface area contributed by atoms with Gasteiger partial charge in [-0.05, 0) is 12.1 Å². The Labute approximate surface area is 106 Å². The summed E-state index contributed by atoms with van der Waals surface area (Å²) in [5, 5.41) is 9.48. The quantitative estimate of drug-likeness (QED) is 0.374. The van der Waals surface area contributed by atoms with Crippen LogP contribution >= 0.6 is 0 Å². The molecule has 0 aliphatic rings. The summed E-state index contributed by atoms with van der Waals surface area (Å²) in [7, 11) is -4.44. The predicted molar refractivity (Wildman–Crippen MR) is 60.4 cm³/mol. The summed E-state index contributed by atoms with van der Waals surface area (Å²) < 4.78 is 61.5. The standard InChI is InChI=1S/C9H9F3N2O4S/c1-14-8(13)6-3-2-5(4-7(6)15)18-19(16,17)9(10,11)12/h2-4,15H,1H3,(H2,13,14). The van der Waals surface area contributed by atoms with Crippen molar-refractivity contribution in [2.24, 2.45) is 10.7 Å². The molecular formula is C9H9F3N2O4S. The fraction of sp³-hybridized carbons (Fsp3) is 0.222. The monoisotopic (exact) mass is 298 g/mol. The molecule has 19 heavy (non-hydrogen) atoms. The Morgan fingerprint density at radius 3 is 2.42 bits per heavy atom. The van der Waals surface area contributed by atoms with E-state index in [-0.39, 0.29) is 11.4 Å². The highest BCUT2D eigenvalue weighted by atomic mass is 32.2. The zero-order chi connectivity index (χ0) is 14.8. The molecule has 1 aromatic carbocycles. The van der Waals surface area contributed by atoms with Crippen molar-refractivity contribution in [1.82, 2.24) is 0 Å². The third-order valence-corrected chi connectivity index (χ3v) is 2.95. The van der Waals surface area contributed by atoms with E-state index in [9.17, 15) is 26.7 Å². The molecule has 0 saturated carbocycles. The van der Waals surface area contributed by atoms with Gasteiger partial charge in [0.15, 0.2) is 0 Å². The summed E-state index contributed by atoms with van der Waals surface area (Å²) >= 11 is 0. The molecule has 0 unspecified atom stereocenters. The molecule has 0 bridgehead atoms. The Morgan fingerprint density at radius 1 is 1.42 bits per heavy atom. The van der Waals surface area contributed by atoms with Gasteiger partial charge < -0.3 is 15.0 Å². The number of nitrogens with two attached hydrogens (primary N) is 1. The normalized spacial score (nSPS) is 13.4. The number of amidine groups is 1. The molecule has 0 aliphatic heterocycles. The number of nitrogens with zero attached hydrogens (tertiary/aromatic N) is 1. The Bertz CT molecular complexity index is 610. The number of phenolic OH excluding ortho intramolecular Hbond substituents is 1. The van der Waals surface area contributed by atoms with E-state index in [0.29, 0.717) is 6.07 Å². The number of benzene rings is 1. The maximum atomic E-state index is 12.1. The van der Waals surface area contributed by atoms with Crippen molar-refractivity contribution >= 4 is 16.0 Å². The van der Waals surface area contributed by atoms with E-state index in [1.54, 1.807) is 0 Å². The third-order valence-electron chi connectivity index (χ3n) is 1.98. The van der Waals surface area contributed by atoms with Crippen LogP contribution in [0.3, 0.4) is 0 Å². The highest BCUT2D eigenvalue weighted by Gasteiger charge is 2.48. The molecule has 3 N–H and O–H groups in total. The Morgan fingerprint density at radius 2 is 2.00 bits per heavy atom. The van der Waals surface area contributed by atoms with Crippen molar-refractivity contribution in [1.29, 1.82) is 0 Å². The predicted octanol–water partition coefficient (Wildman–Crippen LogP) is 0.956. The number of aromatic hydroxyl groups is 1. The number of hydrogen-bond donors (Lipinski definition) is 2. The van der Waals surface area contributed by atoms with E-state index in [1.807, 2.05) is 0 Å². The van der Waals surface area contributed by atoms with Crippen LogP contribution in [0.2, 0.25) is 0 Å². The van der Waals surface area contributed by atoms with Crippen molar-refractivity contribution in [2.45, 2.75) is 5.51 Å². The van der Waals surface area contributed by atoms with Crippen molar-refractivity contribution in [3.63, 3.8) is 0 Å². The highest BCUT2D eigenvalue weighted by Crippen LogP contribution is 2.29. The molecule has 0 spiro atoms. The molecule has 106 valence electrons. The minimum absolute atomic E-state index is 0.0410. The average Bonchev–Trinajstić information content (AvgIpc) is 2.26. The summed E-state index contributed by atoms with van der Waals surface area (Å²) in [6.07, 6.45) is 0. The van der Waals surface area contributed by atoms with Crippen LogP contribution in [0, 0.1) is 0 Å². The summed E-state index contributed by atoms with van der Waals surface area (Å²) in [6.45, 7) is 0. The van der Waals surface area contributed by atoms with Crippen LogP contribution in [0.1, 0.15) is 5.56 Å². The van der Waals surface area contributed by atoms with Gasteiger partial charge in [-0.3, -0.25) is 4.99 Å². The molecule has 0 saturated heterocycles. The molecule has 0 aliphatic carbocycles. The fourth-order valence-corrected chi connectivity index (χ4v) is 1.53. The molecule has 6 nitrogen and oxygen atoms in total. The zero-order valence-electron chi connectivity index (χ0n) is 9.47. The van der Waals surface area contributed by atoms with Crippen LogP contribution in [-0.4, -0.2) is 31.9 Å². The molecule has 1 aromatic rings. The first-order chi connectivity index (χ1) is 8.58. The number of phenols is 1. The number of hydrogen-bond acceptors (Lipinski definition) is 5. The van der Waals surface area contributed by atoms with Crippen LogP contribution in [0.4, 0.5) is 13.2 Å². The molecule has 10 heteroatoms. The second-order valence-electron chi connectivity index (χ2n) is 3.27. The van der Waals surface area contributed by atoms with Crippen molar-refractivity contribution < 1.29 is 30.9 Å². The van der Waals surface area contributed by atoms with Gasteiger partial charge in [-0.25, -0.2) is 0 Å². The molecule has 0 heterocycles. The minimum Gasteiger partial charge on any atom is -0.507 e. The smallest absolute Gasteiger partial charge is 0.507 e. The van der Waals surface area contributed by atoms with E-state index < -0.39 is 27.1 Å². The molecule has 0 amide bonds. The van der Waals surface area contributed by atoms with Gasteiger partial charge in [0.1, 0.15) is 17.3 Å².